The number of para-hydroxylation sites is 1. The smallest absolute Gasteiger partial charge is 0.217 e. The average molecular weight is 451 g/mol. The molecule has 1 amide bonds. The zero-order valence-corrected chi connectivity index (χ0v) is 18.7. The van der Waals surface area contributed by atoms with Gasteiger partial charge >= 0.3 is 0 Å². The Kier molecular flexibility index (Phi) is 5.75. The van der Waals surface area contributed by atoms with Gasteiger partial charge in [-0.25, -0.2) is 15.0 Å². The second-order valence-electron chi connectivity index (χ2n) is 8.26. The van der Waals surface area contributed by atoms with E-state index in [2.05, 4.69) is 32.7 Å². The van der Waals surface area contributed by atoms with E-state index >= 15 is 0 Å². The first-order chi connectivity index (χ1) is 15.6. The van der Waals surface area contributed by atoms with Gasteiger partial charge in [-0.15, -0.1) is 0 Å². The number of imidazole rings is 1. The molecule has 3 N–H and O–H groups in total. The van der Waals surface area contributed by atoms with E-state index in [-0.39, 0.29) is 18.1 Å². The van der Waals surface area contributed by atoms with Crippen molar-refractivity contribution in [3.63, 3.8) is 0 Å². The third kappa shape index (κ3) is 4.18. The molecule has 8 nitrogen and oxygen atoms in total. The molecule has 0 aliphatic heterocycles. The summed E-state index contributed by atoms with van der Waals surface area (Å²) in [5.74, 6) is 0.656. The number of nitrogens with zero attached hydrogens (tertiary/aromatic N) is 4. The van der Waals surface area contributed by atoms with E-state index in [1.54, 1.807) is 17.5 Å². The van der Waals surface area contributed by atoms with Crippen LogP contribution in [0.25, 0.3) is 21.4 Å². The Morgan fingerprint density at radius 1 is 1.22 bits per heavy atom. The van der Waals surface area contributed by atoms with Crippen LogP contribution in [0.2, 0.25) is 0 Å². The van der Waals surface area contributed by atoms with Crippen LogP contribution < -0.4 is 10.6 Å². The van der Waals surface area contributed by atoms with Crippen LogP contribution >= 0.6 is 11.3 Å². The molecule has 2 atom stereocenters. The van der Waals surface area contributed by atoms with Gasteiger partial charge in [0.1, 0.15) is 11.3 Å². The van der Waals surface area contributed by atoms with Gasteiger partial charge in [0, 0.05) is 13.1 Å². The Balaban J connectivity index is 1.48. The zero-order chi connectivity index (χ0) is 22.1. The van der Waals surface area contributed by atoms with Gasteiger partial charge < -0.3 is 20.3 Å². The lowest BCUT2D eigenvalue weighted by atomic mass is 9.93. The number of nitrogens with one attached hydrogen (secondary N) is 2. The van der Waals surface area contributed by atoms with E-state index in [0.717, 1.165) is 63.6 Å². The highest BCUT2D eigenvalue weighted by atomic mass is 32.1. The molecule has 0 spiro atoms. The van der Waals surface area contributed by atoms with E-state index in [4.69, 9.17) is 4.98 Å². The lowest BCUT2D eigenvalue weighted by Crippen LogP contribution is -2.36. The zero-order valence-electron chi connectivity index (χ0n) is 17.9. The van der Waals surface area contributed by atoms with Gasteiger partial charge in [-0.05, 0) is 36.6 Å². The first-order valence-corrected chi connectivity index (χ1v) is 11.8. The monoisotopic (exact) mass is 450 g/mol. The highest BCUT2D eigenvalue weighted by Gasteiger charge is 2.24. The molecule has 0 radical (unpaired) electrons. The second kappa shape index (κ2) is 8.84. The van der Waals surface area contributed by atoms with E-state index in [9.17, 15) is 9.90 Å². The standard InChI is InChI=1S/C23H26N6O2S/c1-14(30)25-12-20-26-17-8-5-11-24-22(17)29(20)13-15-6-4-10-19-21(15)28-23(32-19)27-16-7-2-3-9-18(16)31/h4-6,8,10-11,16,18,31H,2-3,7,9,12-13H2,1H3,(H,25,30)(H,27,28). The number of hydrogen-bond donors (Lipinski definition) is 3. The Hall–Kier alpha value is -3.04. The largest absolute Gasteiger partial charge is 0.391 e. The first-order valence-electron chi connectivity index (χ1n) is 11.0. The van der Waals surface area contributed by atoms with Gasteiger partial charge in [0.25, 0.3) is 0 Å². The van der Waals surface area contributed by atoms with Crippen LogP contribution in [-0.2, 0) is 17.9 Å². The second-order valence-corrected chi connectivity index (χ2v) is 9.29. The summed E-state index contributed by atoms with van der Waals surface area (Å²) in [6.07, 6.45) is 5.44. The molecule has 1 saturated carbocycles. The van der Waals surface area contributed by atoms with Crippen LogP contribution in [0.4, 0.5) is 5.13 Å². The molecule has 4 aromatic rings. The topological polar surface area (TPSA) is 105 Å². The number of anilines is 1. The van der Waals surface area contributed by atoms with Crippen LogP contribution in [0, 0.1) is 0 Å². The van der Waals surface area contributed by atoms with Crippen molar-refractivity contribution in [3.05, 3.63) is 47.9 Å². The molecule has 32 heavy (non-hydrogen) atoms. The number of aliphatic hydroxyl groups excluding tert-OH is 1. The summed E-state index contributed by atoms with van der Waals surface area (Å²) in [6.45, 7) is 2.39. The lowest BCUT2D eigenvalue weighted by molar-refractivity contribution is -0.119. The van der Waals surface area contributed by atoms with Gasteiger partial charge in [0.15, 0.2) is 10.8 Å². The van der Waals surface area contributed by atoms with Gasteiger partial charge in [-0.1, -0.05) is 36.3 Å². The van der Waals surface area contributed by atoms with Crippen molar-refractivity contribution in [3.8, 4) is 0 Å². The van der Waals surface area contributed by atoms with Gasteiger partial charge in [-0.2, -0.15) is 0 Å². The molecule has 3 heterocycles. The Morgan fingerprint density at radius 3 is 2.94 bits per heavy atom. The summed E-state index contributed by atoms with van der Waals surface area (Å²) in [7, 11) is 0. The third-order valence-corrected chi connectivity index (χ3v) is 6.90. The fraction of sp³-hybridized carbons (Fsp3) is 0.391. The summed E-state index contributed by atoms with van der Waals surface area (Å²) in [5.41, 5.74) is 3.58. The third-order valence-electron chi connectivity index (χ3n) is 5.95. The minimum atomic E-state index is -0.324. The van der Waals surface area contributed by atoms with Crippen LogP contribution in [0.3, 0.4) is 0 Å². The molecule has 166 valence electrons. The summed E-state index contributed by atoms with van der Waals surface area (Å²) in [5, 5.41) is 17.5. The fourth-order valence-electron chi connectivity index (χ4n) is 4.31. The number of benzene rings is 1. The molecular weight excluding hydrogens is 424 g/mol. The molecule has 5 rings (SSSR count). The van der Waals surface area contributed by atoms with Gasteiger partial charge in [0.2, 0.25) is 5.91 Å². The number of carbonyl (C=O) groups is 1. The molecule has 9 heteroatoms. The fourth-order valence-corrected chi connectivity index (χ4v) is 5.29. The lowest BCUT2D eigenvalue weighted by Gasteiger charge is -2.28. The minimum absolute atomic E-state index is 0.0545. The van der Waals surface area contributed by atoms with Crippen molar-refractivity contribution in [2.45, 2.75) is 57.8 Å². The number of thiazole rings is 1. The van der Waals surface area contributed by atoms with Crippen LogP contribution in [0.15, 0.2) is 36.5 Å². The predicted octanol–water partition coefficient (Wildman–Crippen LogP) is 3.44. The van der Waals surface area contributed by atoms with Crippen molar-refractivity contribution in [1.29, 1.82) is 0 Å². The van der Waals surface area contributed by atoms with Crippen molar-refractivity contribution in [2.75, 3.05) is 5.32 Å². The van der Waals surface area contributed by atoms with Crippen molar-refractivity contribution in [1.82, 2.24) is 24.8 Å². The molecule has 1 aliphatic rings. The van der Waals surface area contributed by atoms with Crippen LogP contribution in [0.5, 0.6) is 0 Å². The molecule has 2 unspecified atom stereocenters. The number of carbonyl (C=O) groups excluding carboxylic acids is 1. The number of rotatable bonds is 6. The maximum atomic E-state index is 11.5. The number of hydrogen-bond acceptors (Lipinski definition) is 7. The molecule has 3 aromatic heterocycles. The normalized spacial score (nSPS) is 18.8. The average Bonchev–Trinajstić information content (AvgIpc) is 3.35. The van der Waals surface area contributed by atoms with Crippen molar-refractivity contribution < 1.29 is 9.90 Å². The maximum absolute atomic E-state index is 11.5. The Bertz CT molecular complexity index is 1270. The molecule has 1 aromatic carbocycles. The van der Waals surface area contributed by atoms with Gasteiger partial charge in [-0.3, -0.25) is 4.79 Å². The highest BCUT2D eigenvalue weighted by molar-refractivity contribution is 7.22. The Morgan fingerprint density at radius 2 is 2.09 bits per heavy atom. The summed E-state index contributed by atoms with van der Waals surface area (Å²) >= 11 is 1.61. The maximum Gasteiger partial charge on any atom is 0.217 e. The molecular formula is C23H26N6O2S. The summed E-state index contributed by atoms with van der Waals surface area (Å²) < 4.78 is 3.13. The quantitative estimate of drug-likeness (QED) is 0.416. The number of aromatic nitrogens is 4. The Labute approximate surface area is 189 Å². The SMILES string of the molecule is CC(=O)NCc1nc2cccnc2n1Cc1cccc2sc(NC3CCCCC3O)nc12. The predicted molar refractivity (Wildman–Crippen MR) is 126 cm³/mol. The van der Waals surface area contributed by atoms with Crippen molar-refractivity contribution in [2.24, 2.45) is 0 Å². The molecule has 0 saturated heterocycles. The van der Waals surface area contributed by atoms with Crippen molar-refractivity contribution >= 4 is 43.8 Å². The summed E-state index contributed by atoms with van der Waals surface area (Å²) in [6, 6.07) is 10.0. The number of fused-ring (bicyclic) bond motifs is 2. The minimum Gasteiger partial charge on any atom is -0.391 e. The van der Waals surface area contributed by atoms with Crippen LogP contribution in [0.1, 0.15) is 44.0 Å². The van der Waals surface area contributed by atoms with E-state index in [1.165, 1.54) is 6.92 Å². The number of amides is 1. The van der Waals surface area contributed by atoms with E-state index < -0.39 is 0 Å². The molecule has 1 aliphatic carbocycles. The van der Waals surface area contributed by atoms with Crippen LogP contribution in [-0.4, -0.2) is 42.7 Å². The number of pyridine rings is 1. The van der Waals surface area contributed by atoms with Gasteiger partial charge in [0.05, 0.1) is 35.5 Å². The highest BCUT2D eigenvalue weighted by Crippen LogP contribution is 2.31. The molecule has 1 fully saturated rings. The van der Waals surface area contributed by atoms with E-state index in [0.29, 0.717) is 13.1 Å². The van der Waals surface area contributed by atoms with E-state index in [1.807, 2.05) is 22.8 Å². The molecule has 0 bridgehead atoms. The number of aliphatic hydroxyl groups is 1. The summed E-state index contributed by atoms with van der Waals surface area (Å²) in [4.78, 5) is 25.6. The first kappa shape index (κ1) is 20.8.